The Balaban J connectivity index is 4.77. The van der Waals surface area contributed by atoms with Gasteiger partial charge in [0.2, 0.25) is 0 Å². The van der Waals surface area contributed by atoms with Crippen molar-refractivity contribution in [1.82, 2.24) is 10.2 Å². The molecule has 0 spiro atoms. The van der Waals surface area contributed by atoms with Crippen molar-refractivity contribution < 1.29 is 14.7 Å². The first-order chi connectivity index (χ1) is 9.06. The first-order valence-corrected chi connectivity index (χ1v) is 7.35. The number of carbonyl (C=O) groups is 2. The van der Waals surface area contributed by atoms with E-state index in [1.807, 2.05) is 41.5 Å². The molecule has 0 fully saturated rings. The van der Waals surface area contributed by atoms with Crippen LogP contribution < -0.4 is 5.32 Å². The van der Waals surface area contributed by atoms with Gasteiger partial charge in [0.25, 0.3) is 0 Å². The first kappa shape index (κ1) is 18.7. The zero-order valence-electron chi connectivity index (χ0n) is 13.7. The summed E-state index contributed by atoms with van der Waals surface area (Å²) in [5.41, 5.74) is -0.0270. The van der Waals surface area contributed by atoms with Crippen LogP contribution in [0.1, 0.15) is 60.8 Å². The molecule has 0 aromatic rings. The molecule has 1 unspecified atom stereocenters. The van der Waals surface area contributed by atoms with Gasteiger partial charge in [-0.2, -0.15) is 0 Å². The lowest BCUT2D eigenvalue weighted by atomic mass is 9.87. The number of hydrogen-bond donors (Lipinski definition) is 2. The van der Waals surface area contributed by atoms with Crippen LogP contribution in [-0.2, 0) is 4.79 Å². The van der Waals surface area contributed by atoms with Gasteiger partial charge in [-0.15, -0.1) is 0 Å². The number of amides is 2. The van der Waals surface area contributed by atoms with Crippen molar-refractivity contribution in [3.63, 3.8) is 0 Å². The summed E-state index contributed by atoms with van der Waals surface area (Å²) < 4.78 is 0. The van der Waals surface area contributed by atoms with Crippen molar-refractivity contribution in [3.05, 3.63) is 0 Å². The Morgan fingerprint density at radius 3 is 2.15 bits per heavy atom. The van der Waals surface area contributed by atoms with Gasteiger partial charge < -0.3 is 15.3 Å². The van der Waals surface area contributed by atoms with Crippen LogP contribution in [-0.4, -0.2) is 40.6 Å². The van der Waals surface area contributed by atoms with Crippen LogP contribution in [0.4, 0.5) is 4.79 Å². The summed E-state index contributed by atoms with van der Waals surface area (Å²) >= 11 is 0. The molecule has 5 nitrogen and oxygen atoms in total. The van der Waals surface area contributed by atoms with E-state index in [9.17, 15) is 9.59 Å². The Hall–Kier alpha value is -1.26. The van der Waals surface area contributed by atoms with Crippen molar-refractivity contribution >= 4 is 12.0 Å². The van der Waals surface area contributed by atoms with Crippen LogP contribution in [0.15, 0.2) is 0 Å². The number of nitrogens with zero attached hydrogens (tertiary/aromatic N) is 1. The molecular weight excluding hydrogens is 256 g/mol. The van der Waals surface area contributed by atoms with Crippen LogP contribution in [0.3, 0.4) is 0 Å². The van der Waals surface area contributed by atoms with E-state index in [1.165, 1.54) is 0 Å². The molecule has 0 heterocycles. The maximum atomic E-state index is 12.3. The average Bonchev–Trinajstić information content (AvgIpc) is 2.21. The smallest absolute Gasteiger partial charge is 0.317 e. The highest BCUT2D eigenvalue weighted by Crippen LogP contribution is 2.22. The molecule has 0 saturated heterocycles. The van der Waals surface area contributed by atoms with E-state index in [2.05, 4.69) is 5.32 Å². The zero-order chi connectivity index (χ0) is 15.9. The normalized spacial score (nSPS) is 13.2. The van der Waals surface area contributed by atoms with Gasteiger partial charge in [-0.1, -0.05) is 27.7 Å². The van der Waals surface area contributed by atoms with E-state index in [-0.39, 0.29) is 30.0 Å². The van der Waals surface area contributed by atoms with Crippen molar-refractivity contribution in [2.24, 2.45) is 5.41 Å². The second-order valence-electron chi connectivity index (χ2n) is 6.80. The molecule has 1 atom stereocenters. The van der Waals surface area contributed by atoms with Gasteiger partial charge in [0, 0.05) is 18.6 Å². The number of rotatable bonds is 7. The van der Waals surface area contributed by atoms with Gasteiger partial charge in [0.1, 0.15) is 0 Å². The van der Waals surface area contributed by atoms with E-state index in [4.69, 9.17) is 5.11 Å². The third-order valence-corrected chi connectivity index (χ3v) is 2.96. The number of carbonyl (C=O) groups excluding carboxylic acids is 1. The van der Waals surface area contributed by atoms with E-state index in [0.717, 1.165) is 6.42 Å². The molecule has 0 saturated carbocycles. The summed E-state index contributed by atoms with van der Waals surface area (Å²) in [7, 11) is 0. The Bertz CT molecular complexity index is 322. The van der Waals surface area contributed by atoms with E-state index in [0.29, 0.717) is 13.0 Å². The summed E-state index contributed by atoms with van der Waals surface area (Å²) in [6.07, 6.45) is 1.48. The Labute approximate surface area is 122 Å². The minimum absolute atomic E-state index is 0.0270. The fourth-order valence-electron chi connectivity index (χ4n) is 2.22. The standard InChI is InChI=1S/C15H30N2O3/c1-7-8-17(11(2)3)14(20)16-12(9-13(18)19)10-15(4,5)6/h11-12H,7-10H2,1-6H3,(H,16,20)(H,18,19). The van der Waals surface area contributed by atoms with Crippen LogP contribution >= 0.6 is 0 Å². The molecule has 0 aromatic carbocycles. The molecule has 0 rings (SSSR count). The van der Waals surface area contributed by atoms with Crippen LogP contribution in [0.2, 0.25) is 0 Å². The number of carboxylic acid groups (broad SMARTS) is 1. The quantitative estimate of drug-likeness (QED) is 0.755. The molecule has 20 heavy (non-hydrogen) atoms. The zero-order valence-corrected chi connectivity index (χ0v) is 13.7. The fraction of sp³-hybridized carbons (Fsp3) is 0.867. The summed E-state index contributed by atoms with van der Waals surface area (Å²) in [5.74, 6) is -0.883. The van der Waals surface area contributed by atoms with Gasteiger partial charge >= 0.3 is 12.0 Å². The Morgan fingerprint density at radius 1 is 1.25 bits per heavy atom. The topological polar surface area (TPSA) is 69.6 Å². The van der Waals surface area contributed by atoms with Gasteiger partial charge in [-0.3, -0.25) is 4.79 Å². The van der Waals surface area contributed by atoms with Crippen LogP contribution in [0.5, 0.6) is 0 Å². The summed E-state index contributed by atoms with van der Waals surface area (Å²) in [4.78, 5) is 25.0. The number of carboxylic acids is 1. The molecule has 0 aliphatic heterocycles. The lowest BCUT2D eigenvalue weighted by Crippen LogP contribution is -2.49. The van der Waals surface area contributed by atoms with Crippen LogP contribution in [0, 0.1) is 5.41 Å². The van der Waals surface area contributed by atoms with Crippen molar-refractivity contribution in [2.75, 3.05) is 6.54 Å². The maximum absolute atomic E-state index is 12.3. The van der Waals surface area contributed by atoms with E-state index < -0.39 is 5.97 Å². The lowest BCUT2D eigenvalue weighted by molar-refractivity contribution is -0.137. The van der Waals surface area contributed by atoms with Crippen molar-refractivity contribution in [2.45, 2.75) is 72.9 Å². The van der Waals surface area contributed by atoms with E-state index >= 15 is 0 Å². The van der Waals surface area contributed by atoms with Crippen molar-refractivity contribution in [3.8, 4) is 0 Å². The number of urea groups is 1. The third kappa shape index (κ3) is 8.02. The van der Waals surface area contributed by atoms with Crippen LogP contribution in [0.25, 0.3) is 0 Å². The van der Waals surface area contributed by atoms with Gasteiger partial charge in [0.15, 0.2) is 0 Å². The van der Waals surface area contributed by atoms with Gasteiger partial charge in [0.05, 0.1) is 6.42 Å². The number of aliphatic carboxylic acids is 1. The molecule has 0 aliphatic carbocycles. The molecule has 0 radical (unpaired) electrons. The summed E-state index contributed by atoms with van der Waals surface area (Å²) in [6, 6.07) is -0.398. The number of nitrogens with one attached hydrogen (secondary N) is 1. The molecule has 0 bridgehead atoms. The molecule has 5 heteroatoms. The highest BCUT2D eigenvalue weighted by molar-refractivity contribution is 5.76. The minimum Gasteiger partial charge on any atom is -0.481 e. The molecule has 118 valence electrons. The molecular formula is C15H30N2O3. The molecule has 2 amide bonds. The predicted molar refractivity (Wildman–Crippen MR) is 80.8 cm³/mol. The molecule has 0 aromatic heterocycles. The first-order valence-electron chi connectivity index (χ1n) is 7.35. The highest BCUT2D eigenvalue weighted by atomic mass is 16.4. The largest absolute Gasteiger partial charge is 0.481 e. The molecule has 0 aliphatic rings. The SMILES string of the molecule is CCCN(C(=O)NC(CC(=O)O)CC(C)(C)C)C(C)C. The second kappa shape index (κ2) is 8.12. The number of hydrogen-bond acceptors (Lipinski definition) is 2. The second-order valence-corrected chi connectivity index (χ2v) is 6.80. The average molecular weight is 286 g/mol. The minimum atomic E-state index is -0.883. The Kier molecular flexibility index (Phi) is 7.61. The van der Waals surface area contributed by atoms with Crippen molar-refractivity contribution in [1.29, 1.82) is 0 Å². The summed E-state index contributed by atoms with van der Waals surface area (Å²) in [5, 5.41) is 11.9. The van der Waals surface area contributed by atoms with Gasteiger partial charge in [-0.25, -0.2) is 4.79 Å². The predicted octanol–water partition coefficient (Wildman–Crippen LogP) is 3.10. The fourth-order valence-corrected chi connectivity index (χ4v) is 2.22. The highest BCUT2D eigenvalue weighted by Gasteiger charge is 2.25. The lowest BCUT2D eigenvalue weighted by Gasteiger charge is -2.31. The molecule has 2 N–H and O–H groups in total. The summed E-state index contributed by atoms with van der Waals surface area (Å²) in [6.45, 7) is 12.8. The maximum Gasteiger partial charge on any atom is 0.317 e. The van der Waals surface area contributed by atoms with Gasteiger partial charge in [-0.05, 0) is 32.1 Å². The Morgan fingerprint density at radius 2 is 1.80 bits per heavy atom. The third-order valence-electron chi connectivity index (χ3n) is 2.96. The van der Waals surface area contributed by atoms with E-state index in [1.54, 1.807) is 4.90 Å². The monoisotopic (exact) mass is 286 g/mol.